The number of ether oxygens (including phenoxy) is 1. The molecule has 1 rings (SSSR count). The minimum atomic E-state index is -0.997. The average Bonchev–Trinajstić information content (AvgIpc) is 2.31. The lowest BCUT2D eigenvalue weighted by atomic mass is 9.87. The van der Waals surface area contributed by atoms with Crippen LogP contribution in [0.1, 0.15) is 31.4 Å². The molecule has 0 saturated carbocycles. The van der Waals surface area contributed by atoms with Crippen LogP contribution in [0.15, 0.2) is 12.1 Å². The fraction of sp³-hybridized carbons (Fsp3) is 0.533. The Balaban J connectivity index is 2.64. The SMILES string of the molecule is Cc1cc(OCC(O)CC(C)(C)C(=O)O)c(C)cc1O. The van der Waals surface area contributed by atoms with Crippen molar-refractivity contribution in [2.24, 2.45) is 5.41 Å². The zero-order valence-corrected chi connectivity index (χ0v) is 12.3. The number of hydrogen-bond donors (Lipinski definition) is 3. The molecule has 0 bridgehead atoms. The van der Waals surface area contributed by atoms with Gasteiger partial charge in [0.25, 0.3) is 0 Å². The third-order valence-corrected chi connectivity index (χ3v) is 3.25. The summed E-state index contributed by atoms with van der Waals surface area (Å²) in [6.45, 7) is 6.69. The highest BCUT2D eigenvalue weighted by molar-refractivity contribution is 5.73. The van der Waals surface area contributed by atoms with Crippen molar-refractivity contribution in [3.63, 3.8) is 0 Å². The van der Waals surface area contributed by atoms with Gasteiger partial charge in [-0.1, -0.05) is 0 Å². The number of aryl methyl sites for hydroxylation is 2. The van der Waals surface area contributed by atoms with Gasteiger partial charge in [-0.05, 0) is 57.4 Å². The van der Waals surface area contributed by atoms with Crippen molar-refractivity contribution in [1.29, 1.82) is 0 Å². The second kappa shape index (κ2) is 6.13. The molecule has 20 heavy (non-hydrogen) atoms. The lowest BCUT2D eigenvalue weighted by Gasteiger charge is -2.23. The van der Waals surface area contributed by atoms with Crippen LogP contribution in [0.3, 0.4) is 0 Å². The van der Waals surface area contributed by atoms with E-state index in [9.17, 15) is 15.0 Å². The number of aliphatic hydroxyl groups is 1. The fourth-order valence-corrected chi connectivity index (χ4v) is 1.85. The molecule has 0 spiro atoms. The maximum absolute atomic E-state index is 11.0. The van der Waals surface area contributed by atoms with Crippen LogP contribution in [0.2, 0.25) is 0 Å². The highest BCUT2D eigenvalue weighted by Gasteiger charge is 2.30. The summed E-state index contributed by atoms with van der Waals surface area (Å²) < 4.78 is 5.51. The summed E-state index contributed by atoms with van der Waals surface area (Å²) in [4.78, 5) is 11.0. The molecule has 1 atom stereocenters. The van der Waals surface area contributed by atoms with Gasteiger partial charge in [-0.25, -0.2) is 0 Å². The molecule has 5 heteroatoms. The maximum Gasteiger partial charge on any atom is 0.309 e. The van der Waals surface area contributed by atoms with E-state index >= 15 is 0 Å². The number of benzene rings is 1. The predicted octanol–water partition coefficient (Wildman–Crippen LogP) is 2.25. The van der Waals surface area contributed by atoms with E-state index in [1.54, 1.807) is 39.8 Å². The number of aliphatic carboxylic acids is 1. The molecule has 1 aromatic carbocycles. The Morgan fingerprint density at radius 2 is 1.90 bits per heavy atom. The van der Waals surface area contributed by atoms with Crippen LogP contribution < -0.4 is 4.74 Å². The second-order valence-electron chi connectivity index (χ2n) is 5.76. The first-order valence-electron chi connectivity index (χ1n) is 6.48. The van der Waals surface area contributed by atoms with Crippen LogP contribution in [-0.2, 0) is 4.79 Å². The Hall–Kier alpha value is -1.75. The molecule has 0 aliphatic heterocycles. The third-order valence-electron chi connectivity index (χ3n) is 3.25. The van der Waals surface area contributed by atoms with E-state index in [1.807, 2.05) is 0 Å². The summed E-state index contributed by atoms with van der Waals surface area (Å²) in [5.41, 5.74) is 0.451. The van der Waals surface area contributed by atoms with Crippen molar-refractivity contribution < 1.29 is 24.9 Å². The van der Waals surface area contributed by atoms with E-state index in [1.165, 1.54) is 0 Å². The highest BCUT2D eigenvalue weighted by Crippen LogP contribution is 2.28. The summed E-state index contributed by atoms with van der Waals surface area (Å²) in [6, 6.07) is 3.29. The average molecular weight is 282 g/mol. The van der Waals surface area contributed by atoms with Crippen LogP contribution in [0, 0.1) is 19.3 Å². The molecular formula is C15H22O5. The van der Waals surface area contributed by atoms with Crippen LogP contribution >= 0.6 is 0 Å². The van der Waals surface area contributed by atoms with Crippen molar-refractivity contribution in [1.82, 2.24) is 0 Å². The van der Waals surface area contributed by atoms with Crippen LogP contribution in [0.4, 0.5) is 0 Å². The number of carboxylic acids is 1. The molecule has 0 saturated heterocycles. The first kappa shape index (κ1) is 16.3. The molecule has 112 valence electrons. The first-order chi connectivity index (χ1) is 9.13. The number of carbonyl (C=O) groups is 1. The Morgan fingerprint density at radius 3 is 2.45 bits per heavy atom. The number of hydrogen-bond acceptors (Lipinski definition) is 4. The van der Waals surface area contributed by atoms with E-state index in [-0.39, 0.29) is 18.8 Å². The Bertz CT molecular complexity index is 493. The van der Waals surface area contributed by atoms with Gasteiger partial charge in [0.2, 0.25) is 0 Å². The number of carboxylic acid groups (broad SMARTS) is 1. The van der Waals surface area contributed by atoms with Crippen molar-refractivity contribution in [3.05, 3.63) is 23.3 Å². The minimum Gasteiger partial charge on any atom is -0.508 e. The number of phenolic OH excluding ortho intramolecular Hbond substituents is 1. The molecular weight excluding hydrogens is 260 g/mol. The van der Waals surface area contributed by atoms with Crippen LogP contribution in [0.25, 0.3) is 0 Å². The molecule has 0 radical (unpaired) electrons. The Morgan fingerprint density at radius 1 is 1.30 bits per heavy atom. The summed E-state index contributed by atoms with van der Waals surface area (Å²) in [5, 5.41) is 28.4. The lowest BCUT2D eigenvalue weighted by molar-refractivity contribution is -0.148. The van der Waals surface area contributed by atoms with Crippen molar-refractivity contribution in [2.45, 2.75) is 40.2 Å². The lowest BCUT2D eigenvalue weighted by Crippen LogP contribution is -2.31. The number of phenols is 1. The highest BCUT2D eigenvalue weighted by atomic mass is 16.5. The zero-order chi connectivity index (χ0) is 15.5. The molecule has 0 fully saturated rings. The van der Waals surface area contributed by atoms with E-state index in [0.717, 1.165) is 5.56 Å². The monoisotopic (exact) mass is 282 g/mol. The number of aliphatic hydroxyl groups excluding tert-OH is 1. The zero-order valence-electron chi connectivity index (χ0n) is 12.3. The van der Waals surface area contributed by atoms with Gasteiger partial charge in [0.15, 0.2) is 0 Å². The molecule has 0 heterocycles. The van der Waals surface area contributed by atoms with Gasteiger partial charge < -0.3 is 20.1 Å². The smallest absolute Gasteiger partial charge is 0.309 e. The second-order valence-corrected chi connectivity index (χ2v) is 5.76. The third kappa shape index (κ3) is 4.13. The van der Waals surface area contributed by atoms with Gasteiger partial charge in [-0.15, -0.1) is 0 Å². The molecule has 0 aliphatic rings. The molecule has 0 amide bonds. The van der Waals surface area contributed by atoms with E-state index in [0.29, 0.717) is 11.3 Å². The van der Waals surface area contributed by atoms with Crippen molar-refractivity contribution >= 4 is 5.97 Å². The quantitative estimate of drug-likeness (QED) is 0.745. The molecule has 5 nitrogen and oxygen atoms in total. The summed E-state index contributed by atoms with van der Waals surface area (Å²) in [6.07, 6.45) is -0.757. The molecule has 1 aromatic rings. The number of aromatic hydroxyl groups is 1. The normalized spacial score (nSPS) is 13.1. The molecule has 1 unspecified atom stereocenters. The van der Waals surface area contributed by atoms with Gasteiger partial charge >= 0.3 is 5.97 Å². The topological polar surface area (TPSA) is 87.0 Å². The van der Waals surface area contributed by atoms with Gasteiger partial charge in [0.1, 0.15) is 18.1 Å². The van der Waals surface area contributed by atoms with Crippen molar-refractivity contribution in [2.75, 3.05) is 6.61 Å². The Kier molecular flexibility index (Phi) is 5.00. The first-order valence-corrected chi connectivity index (χ1v) is 6.48. The summed E-state index contributed by atoms with van der Waals surface area (Å²) >= 11 is 0. The van der Waals surface area contributed by atoms with Gasteiger partial charge in [-0.2, -0.15) is 0 Å². The van der Waals surface area contributed by atoms with E-state index < -0.39 is 17.5 Å². The van der Waals surface area contributed by atoms with E-state index in [2.05, 4.69) is 0 Å². The standard InChI is InChI=1S/C15H22O5/c1-9-6-13(10(2)5-12(9)17)20-8-11(16)7-15(3,4)14(18)19/h5-6,11,16-17H,7-8H2,1-4H3,(H,18,19). The van der Waals surface area contributed by atoms with Crippen molar-refractivity contribution in [3.8, 4) is 11.5 Å². The molecule has 0 aliphatic carbocycles. The van der Waals surface area contributed by atoms with Crippen LogP contribution in [0.5, 0.6) is 11.5 Å². The van der Waals surface area contributed by atoms with Gasteiger partial charge in [0, 0.05) is 0 Å². The van der Waals surface area contributed by atoms with Gasteiger partial charge in [-0.3, -0.25) is 4.79 Å². The molecule has 0 aromatic heterocycles. The summed E-state index contributed by atoms with van der Waals surface area (Å²) in [7, 11) is 0. The predicted molar refractivity (Wildman–Crippen MR) is 75.1 cm³/mol. The fourth-order valence-electron chi connectivity index (χ4n) is 1.85. The van der Waals surface area contributed by atoms with Gasteiger partial charge in [0.05, 0.1) is 11.5 Å². The minimum absolute atomic E-state index is 0.0156. The molecule has 3 N–H and O–H groups in total. The largest absolute Gasteiger partial charge is 0.508 e. The van der Waals surface area contributed by atoms with Crippen LogP contribution in [-0.4, -0.2) is 34.0 Å². The summed E-state index contributed by atoms with van der Waals surface area (Å²) in [5.74, 6) is -0.178. The maximum atomic E-state index is 11.0. The Labute approximate surface area is 118 Å². The van der Waals surface area contributed by atoms with E-state index in [4.69, 9.17) is 9.84 Å². The number of rotatable bonds is 6.